The topological polar surface area (TPSA) is 86.8 Å². The molecule has 0 saturated heterocycles. The number of rotatable bonds is 11. The molecule has 0 heterocycles. The summed E-state index contributed by atoms with van der Waals surface area (Å²) in [4.78, 5) is 29.2. The van der Waals surface area contributed by atoms with Gasteiger partial charge < -0.3 is 10.2 Å². The summed E-state index contributed by atoms with van der Waals surface area (Å²) in [6.07, 6.45) is 4.21. The van der Waals surface area contributed by atoms with Crippen molar-refractivity contribution in [3.63, 3.8) is 0 Å². The Morgan fingerprint density at radius 3 is 2.27 bits per heavy atom. The van der Waals surface area contributed by atoms with Crippen molar-refractivity contribution < 1.29 is 22.4 Å². The number of halogens is 1. The summed E-state index contributed by atoms with van der Waals surface area (Å²) in [5.41, 5.74) is 2.57. The Morgan fingerprint density at radius 1 is 0.976 bits per heavy atom. The molecule has 1 aliphatic carbocycles. The largest absolute Gasteiger partial charge is 0.352 e. The average molecular weight is 580 g/mol. The molecule has 3 aromatic rings. The zero-order chi connectivity index (χ0) is 29.6. The second-order valence-corrected chi connectivity index (χ2v) is 12.5. The zero-order valence-corrected chi connectivity index (χ0v) is 24.7. The highest BCUT2D eigenvalue weighted by atomic mass is 32.2. The molecule has 0 unspecified atom stereocenters. The molecule has 2 amide bonds. The molecule has 0 radical (unpaired) electrons. The Balaban J connectivity index is 1.73. The van der Waals surface area contributed by atoms with Gasteiger partial charge in [0.05, 0.1) is 10.6 Å². The normalized spacial score (nSPS) is 14.4. The Hall–Kier alpha value is -3.72. The number of hydrogen-bond donors (Lipinski definition) is 1. The number of benzene rings is 3. The van der Waals surface area contributed by atoms with Gasteiger partial charge in [-0.05, 0) is 80.1 Å². The Bertz CT molecular complexity index is 1460. The molecule has 1 N–H and O–H groups in total. The standard InChI is InChI=1S/C32H38FN3O4S/c1-4-29(32(38)34-27-10-8-9-11-27)35(21-25-16-18-26(33)19-17-25)31(37)22-36(30-20-23(2)14-15-24(30)3)41(39,40)28-12-6-5-7-13-28/h5-7,12-20,27,29H,4,8-11,21-22H2,1-3H3,(H,34,38)/t29-/m1/s1. The fraction of sp³-hybridized carbons (Fsp3) is 0.375. The van der Waals surface area contributed by atoms with Gasteiger partial charge in [0, 0.05) is 12.6 Å². The first kappa shape index (κ1) is 30.2. The zero-order valence-electron chi connectivity index (χ0n) is 23.8. The predicted molar refractivity (Wildman–Crippen MR) is 158 cm³/mol. The minimum atomic E-state index is -4.14. The molecule has 1 aliphatic rings. The van der Waals surface area contributed by atoms with Gasteiger partial charge in [-0.25, -0.2) is 12.8 Å². The fourth-order valence-electron chi connectivity index (χ4n) is 5.29. The van der Waals surface area contributed by atoms with E-state index in [1.807, 2.05) is 26.0 Å². The number of carbonyl (C=O) groups is 2. The van der Waals surface area contributed by atoms with Gasteiger partial charge in [-0.2, -0.15) is 0 Å². The third-order valence-electron chi connectivity index (χ3n) is 7.60. The average Bonchev–Trinajstić information content (AvgIpc) is 3.47. The lowest BCUT2D eigenvalue weighted by Crippen LogP contribution is -2.53. The number of sulfonamides is 1. The maximum atomic E-state index is 14.2. The van der Waals surface area contributed by atoms with E-state index in [1.54, 1.807) is 43.3 Å². The van der Waals surface area contributed by atoms with Gasteiger partial charge in [-0.3, -0.25) is 13.9 Å². The SMILES string of the molecule is CC[C@H](C(=O)NC1CCCC1)N(Cc1ccc(F)cc1)C(=O)CN(c1cc(C)ccc1C)S(=O)(=O)c1ccccc1. The van der Waals surface area contributed by atoms with Crippen LogP contribution in [0.4, 0.5) is 10.1 Å². The van der Waals surface area contributed by atoms with Crippen LogP contribution in [-0.2, 0) is 26.2 Å². The minimum absolute atomic E-state index is 0.0295. The van der Waals surface area contributed by atoms with E-state index < -0.39 is 34.3 Å². The number of aryl methyl sites for hydroxylation is 2. The second kappa shape index (κ2) is 13.3. The molecule has 1 atom stereocenters. The van der Waals surface area contributed by atoms with E-state index in [0.29, 0.717) is 23.2 Å². The summed E-state index contributed by atoms with van der Waals surface area (Å²) in [7, 11) is -4.14. The lowest BCUT2D eigenvalue weighted by atomic mass is 10.1. The molecule has 3 aromatic carbocycles. The van der Waals surface area contributed by atoms with Crippen LogP contribution in [0.25, 0.3) is 0 Å². The van der Waals surface area contributed by atoms with Gasteiger partial charge in [0.15, 0.2) is 0 Å². The summed E-state index contributed by atoms with van der Waals surface area (Å²) in [6, 6.07) is 18.4. The summed E-state index contributed by atoms with van der Waals surface area (Å²) in [6.45, 7) is 5.01. The van der Waals surface area contributed by atoms with Crippen LogP contribution < -0.4 is 9.62 Å². The first-order valence-corrected chi connectivity index (χ1v) is 15.5. The number of amides is 2. The van der Waals surface area contributed by atoms with Crippen LogP contribution in [0, 0.1) is 19.7 Å². The number of anilines is 1. The van der Waals surface area contributed by atoms with Crippen LogP contribution in [0.5, 0.6) is 0 Å². The molecule has 9 heteroatoms. The molecular formula is C32H38FN3O4S. The first-order chi connectivity index (χ1) is 19.6. The van der Waals surface area contributed by atoms with Gasteiger partial charge in [0.25, 0.3) is 10.0 Å². The van der Waals surface area contributed by atoms with Gasteiger partial charge >= 0.3 is 0 Å². The van der Waals surface area contributed by atoms with Crippen molar-refractivity contribution in [2.75, 3.05) is 10.8 Å². The maximum absolute atomic E-state index is 14.2. The van der Waals surface area contributed by atoms with Gasteiger partial charge in [-0.1, -0.05) is 62.2 Å². The van der Waals surface area contributed by atoms with E-state index in [2.05, 4.69) is 5.32 Å². The van der Waals surface area contributed by atoms with Crippen molar-refractivity contribution >= 4 is 27.5 Å². The highest BCUT2D eigenvalue weighted by Gasteiger charge is 2.35. The molecule has 0 aliphatic heterocycles. The molecule has 218 valence electrons. The van der Waals surface area contributed by atoms with E-state index in [1.165, 1.54) is 29.2 Å². The molecule has 0 aromatic heterocycles. The van der Waals surface area contributed by atoms with Crippen LogP contribution in [0.3, 0.4) is 0 Å². The molecule has 4 rings (SSSR count). The number of carbonyl (C=O) groups excluding carboxylic acids is 2. The van der Waals surface area contributed by atoms with E-state index in [9.17, 15) is 22.4 Å². The van der Waals surface area contributed by atoms with Crippen molar-refractivity contribution in [2.45, 2.75) is 76.4 Å². The van der Waals surface area contributed by atoms with E-state index >= 15 is 0 Å². The summed E-state index contributed by atoms with van der Waals surface area (Å²) in [5.74, 6) is -1.20. The van der Waals surface area contributed by atoms with Crippen LogP contribution in [0.1, 0.15) is 55.7 Å². The van der Waals surface area contributed by atoms with Crippen LogP contribution in [0.15, 0.2) is 77.7 Å². The number of hydrogen-bond acceptors (Lipinski definition) is 4. The smallest absolute Gasteiger partial charge is 0.264 e. The third kappa shape index (κ3) is 7.33. The maximum Gasteiger partial charge on any atom is 0.264 e. The number of nitrogens with one attached hydrogen (secondary N) is 1. The van der Waals surface area contributed by atoms with Crippen molar-refractivity contribution in [1.82, 2.24) is 10.2 Å². The molecule has 41 heavy (non-hydrogen) atoms. The van der Waals surface area contributed by atoms with Crippen molar-refractivity contribution in [1.29, 1.82) is 0 Å². The lowest BCUT2D eigenvalue weighted by Gasteiger charge is -2.34. The minimum Gasteiger partial charge on any atom is -0.352 e. The van der Waals surface area contributed by atoms with E-state index in [0.717, 1.165) is 35.6 Å². The number of nitrogens with zero attached hydrogens (tertiary/aromatic N) is 2. The van der Waals surface area contributed by atoms with Crippen molar-refractivity contribution in [3.8, 4) is 0 Å². The van der Waals surface area contributed by atoms with E-state index in [4.69, 9.17) is 0 Å². The summed E-state index contributed by atoms with van der Waals surface area (Å²) >= 11 is 0. The Morgan fingerprint density at radius 2 is 1.63 bits per heavy atom. The molecule has 0 spiro atoms. The Kier molecular flexibility index (Phi) is 9.81. The summed E-state index contributed by atoms with van der Waals surface area (Å²) < 4.78 is 42.8. The van der Waals surface area contributed by atoms with Crippen LogP contribution in [0.2, 0.25) is 0 Å². The van der Waals surface area contributed by atoms with Crippen LogP contribution in [-0.4, -0.2) is 43.8 Å². The van der Waals surface area contributed by atoms with Crippen molar-refractivity contribution in [2.24, 2.45) is 0 Å². The van der Waals surface area contributed by atoms with Crippen LogP contribution >= 0.6 is 0 Å². The lowest BCUT2D eigenvalue weighted by molar-refractivity contribution is -0.140. The van der Waals surface area contributed by atoms with Crippen molar-refractivity contribution in [3.05, 3.63) is 95.3 Å². The predicted octanol–water partition coefficient (Wildman–Crippen LogP) is 5.50. The summed E-state index contributed by atoms with van der Waals surface area (Å²) in [5, 5.41) is 3.09. The highest BCUT2D eigenvalue weighted by molar-refractivity contribution is 7.92. The molecular weight excluding hydrogens is 541 g/mol. The highest BCUT2D eigenvalue weighted by Crippen LogP contribution is 2.29. The molecule has 1 saturated carbocycles. The third-order valence-corrected chi connectivity index (χ3v) is 9.37. The Labute approximate surface area is 242 Å². The first-order valence-electron chi connectivity index (χ1n) is 14.1. The molecule has 7 nitrogen and oxygen atoms in total. The second-order valence-electron chi connectivity index (χ2n) is 10.7. The van der Waals surface area contributed by atoms with Gasteiger partial charge in [0.2, 0.25) is 11.8 Å². The molecule has 0 bridgehead atoms. The van der Waals surface area contributed by atoms with E-state index in [-0.39, 0.29) is 23.4 Å². The monoisotopic (exact) mass is 579 g/mol. The molecule has 1 fully saturated rings. The van der Waals surface area contributed by atoms with Gasteiger partial charge in [-0.15, -0.1) is 0 Å². The fourth-order valence-corrected chi connectivity index (χ4v) is 6.79. The quantitative estimate of drug-likeness (QED) is 0.325. The van der Waals surface area contributed by atoms with Gasteiger partial charge in [0.1, 0.15) is 18.4 Å².